The molecule has 5 nitrogen and oxygen atoms in total. The number of carbonyl (C=O) groups excluding carboxylic acids is 1. The maximum Gasteiger partial charge on any atom is 0.137 e. The molecule has 17 heavy (non-hydrogen) atoms. The number of amides is 1. The molecule has 0 aliphatic heterocycles. The van der Waals surface area contributed by atoms with Gasteiger partial charge in [0, 0.05) is 0 Å². The molecule has 0 bridgehead atoms. The molecule has 0 fully saturated rings. The van der Waals surface area contributed by atoms with Crippen molar-refractivity contribution in [1.29, 1.82) is 5.26 Å². The molecule has 1 aromatic rings. The number of hydrogen-bond donors (Lipinski definition) is 1. The average molecular weight is 237 g/mol. The van der Waals surface area contributed by atoms with Crippen molar-refractivity contribution in [3.8, 4) is 11.8 Å². The third-order valence-corrected chi connectivity index (χ3v) is 1.92. The summed E-state index contributed by atoms with van der Waals surface area (Å²) in [5, 5.41) is 21.0. The van der Waals surface area contributed by atoms with Gasteiger partial charge >= 0.3 is 0 Å². The summed E-state index contributed by atoms with van der Waals surface area (Å²) in [6.45, 7) is 1.60. The first kappa shape index (κ1) is 12.8. The summed E-state index contributed by atoms with van der Waals surface area (Å²) in [5.41, 5.74) is 0.0608. The van der Waals surface area contributed by atoms with Crippen molar-refractivity contribution in [2.24, 2.45) is 0 Å². The highest BCUT2D eigenvalue weighted by Gasteiger charge is 2.07. The molecule has 1 unspecified atom stereocenters. The van der Waals surface area contributed by atoms with Gasteiger partial charge in [0.15, 0.2) is 0 Å². The van der Waals surface area contributed by atoms with Gasteiger partial charge in [-0.15, -0.1) is 0 Å². The molecule has 90 valence electrons. The number of carboxylic acid groups (broad SMARTS) is 1. The van der Waals surface area contributed by atoms with Crippen LogP contribution >= 0.6 is 0 Å². The van der Waals surface area contributed by atoms with E-state index in [4.69, 9.17) is 10.00 Å². The third-order valence-electron chi connectivity index (χ3n) is 1.92. The number of nitrogens with one attached hydrogen (secondary N) is 1. The van der Waals surface area contributed by atoms with E-state index in [0.717, 1.165) is 12.1 Å². The summed E-state index contributed by atoms with van der Waals surface area (Å²) in [6.07, 6.45) is -1.40. The van der Waals surface area contributed by atoms with E-state index in [1.807, 2.05) is 0 Å². The van der Waals surface area contributed by atoms with Gasteiger partial charge < -0.3 is 20.0 Å². The Hall–Kier alpha value is -2.29. The minimum absolute atomic E-state index is 0.0221. The van der Waals surface area contributed by atoms with Gasteiger partial charge in [-0.3, -0.25) is 0 Å². The van der Waals surface area contributed by atoms with Crippen LogP contribution in [0.25, 0.3) is 0 Å². The van der Waals surface area contributed by atoms with Crippen LogP contribution in [-0.2, 0) is 0 Å². The number of ether oxygens (including phenoxy) is 1. The Kier molecular flexibility index (Phi) is 4.29. The quantitative estimate of drug-likeness (QED) is 0.821. The molecule has 1 aromatic carbocycles. The van der Waals surface area contributed by atoms with Crippen molar-refractivity contribution in [1.82, 2.24) is 5.32 Å². The Morgan fingerprint density at radius 3 is 3.00 bits per heavy atom. The fraction of sp³-hybridized carbons (Fsp3) is 0.273. The van der Waals surface area contributed by atoms with E-state index in [1.54, 1.807) is 13.0 Å². The van der Waals surface area contributed by atoms with E-state index in [9.17, 15) is 14.3 Å². The molecule has 0 saturated carbocycles. The zero-order chi connectivity index (χ0) is 12.8. The minimum atomic E-state index is -1.40. The van der Waals surface area contributed by atoms with Crippen LogP contribution in [0.1, 0.15) is 12.5 Å². The summed E-state index contributed by atoms with van der Waals surface area (Å²) < 4.78 is 18.0. The molecule has 1 amide bonds. The van der Waals surface area contributed by atoms with E-state index in [1.165, 1.54) is 6.07 Å². The fourth-order valence-corrected chi connectivity index (χ4v) is 1.17. The number of halogens is 1. The molecule has 0 spiro atoms. The lowest BCUT2D eigenvalue weighted by atomic mass is 10.2. The van der Waals surface area contributed by atoms with Crippen LogP contribution in [0.15, 0.2) is 18.2 Å². The molecule has 6 heteroatoms. The smallest absolute Gasteiger partial charge is 0.137 e. The summed E-state index contributed by atoms with van der Waals surface area (Å²) in [5.74, 6) is -0.323. The summed E-state index contributed by atoms with van der Waals surface area (Å²) in [4.78, 5) is 10.2. The Morgan fingerprint density at radius 1 is 1.71 bits per heavy atom. The molecule has 0 heterocycles. The van der Waals surface area contributed by atoms with Gasteiger partial charge in [0.1, 0.15) is 30.3 Å². The van der Waals surface area contributed by atoms with Crippen LogP contribution in [-0.4, -0.2) is 18.7 Å². The fourth-order valence-electron chi connectivity index (χ4n) is 1.17. The maximum absolute atomic E-state index is 12.8. The highest BCUT2D eigenvalue weighted by Crippen LogP contribution is 2.18. The lowest BCUT2D eigenvalue weighted by Gasteiger charge is -2.16. The molecule has 0 aliphatic carbocycles. The first-order valence-electron chi connectivity index (χ1n) is 4.83. The summed E-state index contributed by atoms with van der Waals surface area (Å²) >= 11 is 0. The molecule has 0 aromatic heterocycles. The Bertz CT molecular complexity index is 457. The number of nitrogens with zero attached hydrogens (tertiary/aromatic N) is 1. The van der Waals surface area contributed by atoms with Crippen molar-refractivity contribution in [3.63, 3.8) is 0 Å². The van der Waals surface area contributed by atoms with Gasteiger partial charge in [-0.05, 0) is 25.1 Å². The zero-order valence-electron chi connectivity index (χ0n) is 9.07. The molecule has 0 saturated heterocycles. The highest BCUT2D eigenvalue weighted by molar-refractivity contribution is 5.62. The maximum atomic E-state index is 12.8. The second kappa shape index (κ2) is 5.70. The van der Waals surface area contributed by atoms with E-state index < -0.39 is 18.0 Å². The second-order valence-electron chi connectivity index (χ2n) is 3.40. The van der Waals surface area contributed by atoms with Gasteiger partial charge in [0.2, 0.25) is 0 Å². The normalized spacial score (nSPS) is 11.4. The zero-order valence-corrected chi connectivity index (χ0v) is 9.07. The molecule has 0 radical (unpaired) electrons. The summed E-state index contributed by atoms with van der Waals surface area (Å²) in [6, 6.07) is 4.82. The van der Waals surface area contributed by atoms with Crippen molar-refractivity contribution >= 4 is 6.09 Å². The molecular formula is C11H10FN2O3-. The highest BCUT2D eigenvalue weighted by atomic mass is 19.1. The predicted molar refractivity (Wildman–Crippen MR) is 54.6 cm³/mol. The Labute approximate surface area is 97.4 Å². The SMILES string of the molecule is CC(COc1ccc(F)cc1C#N)NC(=O)[O-]. The first-order valence-corrected chi connectivity index (χ1v) is 4.83. The molecule has 1 rings (SSSR count). The van der Waals surface area contributed by atoms with Crippen molar-refractivity contribution in [2.45, 2.75) is 13.0 Å². The third kappa shape index (κ3) is 3.99. The molecule has 1 N–H and O–H groups in total. The van der Waals surface area contributed by atoms with Gasteiger partial charge in [0.05, 0.1) is 11.6 Å². The van der Waals surface area contributed by atoms with Gasteiger partial charge in [-0.25, -0.2) is 4.39 Å². The molecule has 0 aliphatic rings. The standard InChI is InChI=1S/C11H11FN2O3/c1-7(14-11(15)16)6-17-10-3-2-9(12)4-8(10)5-13/h2-4,7,14H,6H2,1H3,(H,15,16)/p-1. The lowest BCUT2D eigenvalue weighted by Crippen LogP contribution is -2.44. The Morgan fingerprint density at radius 2 is 2.41 bits per heavy atom. The van der Waals surface area contributed by atoms with Gasteiger partial charge in [0.25, 0.3) is 0 Å². The van der Waals surface area contributed by atoms with Crippen molar-refractivity contribution in [3.05, 3.63) is 29.6 Å². The van der Waals surface area contributed by atoms with Crippen LogP contribution in [0.4, 0.5) is 9.18 Å². The van der Waals surface area contributed by atoms with E-state index >= 15 is 0 Å². The first-order chi connectivity index (χ1) is 8.02. The minimum Gasteiger partial charge on any atom is -0.530 e. The van der Waals surface area contributed by atoms with Crippen molar-refractivity contribution in [2.75, 3.05) is 6.61 Å². The van der Waals surface area contributed by atoms with Crippen LogP contribution in [0.5, 0.6) is 5.75 Å². The van der Waals surface area contributed by atoms with E-state index in [2.05, 4.69) is 5.32 Å². The number of carbonyl (C=O) groups is 1. The summed E-state index contributed by atoms with van der Waals surface area (Å²) in [7, 11) is 0. The number of benzene rings is 1. The van der Waals surface area contributed by atoms with Crippen LogP contribution < -0.4 is 15.2 Å². The number of hydrogen-bond acceptors (Lipinski definition) is 4. The monoisotopic (exact) mass is 237 g/mol. The molecular weight excluding hydrogens is 227 g/mol. The lowest BCUT2D eigenvalue weighted by molar-refractivity contribution is -0.251. The van der Waals surface area contributed by atoms with Gasteiger partial charge in [-0.1, -0.05) is 0 Å². The van der Waals surface area contributed by atoms with E-state index in [-0.39, 0.29) is 17.9 Å². The topological polar surface area (TPSA) is 85.2 Å². The van der Waals surface area contributed by atoms with Crippen LogP contribution in [0.3, 0.4) is 0 Å². The number of nitriles is 1. The van der Waals surface area contributed by atoms with Crippen molar-refractivity contribution < 1.29 is 19.0 Å². The Balaban J connectivity index is 2.63. The number of rotatable bonds is 4. The predicted octanol–water partition coefficient (Wildman–Crippen LogP) is 0.398. The van der Waals surface area contributed by atoms with Gasteiger partial charge in [-0.2, -0.15) is 5.26 Å². The van der Waals surface area contributed by atoms with Crippen LogP contribution in [0.2, 0.25) is 0 Å². The largest absolute Gasteiger partial charge is 0.530 e. The van der Waals surface area contributed by atoms with Crippen LogP contribution in [0, 0.1) is 17.1 Å². The average Bonchev–Trinajstić information content (AvgIpc) is 2.26. The molecule has 1 atom stereocenters. The second-order valence-corrected chi connectivity index (χ2v) is 3.40. The van der Waals surface area contributed by atoms with E-state index in [0.29, 0.717) is 0 Å².